The molecule has 0 heterocycles. The van der Waals surface area contributed by atoms with E-state index in [0.717, 1.165) is 22.3 Å². The van der Waals surface area contributed by atoms with Crippen LogP contribution < -0.4 is 0 Å². The van der Waals surface area contributed by atoms with E-state index in [1.54, 1.807) is 31.2 Å². The van der Waals surface area contributed by atoms with Gasteiger partial charge in [-0.05, 0) is 58.9 Å². The van der Waals surface area contributed by atoms with E-state index >= 15 is 0 Å². The first-order chi connectivity index (χ1) is 13.2. The van der Waals surface area contributed by atoms with E-state index in [1.165, 1.54) is 0 Å². The quantitative estimate of drug-likeness (QED) is 0.500. The largest absolute Gasteiger partial charge is 0.460 e. The van der Waals surface area contributed by atoms with Gasteiger partial charge in [0.05, 0.1) is 24.3 Å². The Kier molecular flexibility index (Phi) is 7.76. The molecule has 0 bridgehead atoms. The first-order valence-electron chi connectivity index (χ1n) is 9.37. The van der Waals surface area contributed by atoms with Gasteiger partial charge in [0, 0.05) is 0 Å². The van der Waals surface area contributed by atoms with Gasteiger partial charge in [-0.2, -0.15) is 0 Å². The maximum atomic E-state index is 12.2. The van der Waals surface area contributed by atoms with Gasteiger partial charge in [-0.25, -0.2) is 9.59 Å². The van der Waals surface area contributed by atoms with E-state index < -0.39 is 6.10 Å². The van der Waals surface area contributed by atoms with Gasteiger partial charge in [0.1, 0.15) is 12.7 Å². The SMILES string of the molecule is Cc1cc(C)cc(C(=O)OCCOCC(C)OC(=O)c2cc(C)cc(C)c2)c1. The lowest BCUT2D eigenvalue weighted by Crippen LogP contribution is -2.22. The maximum absolute atomic E-state index is 12.2. The van der Waals surface area contributed by atoms with Gasteiger partial charge in [-0.3, -0.25) is 0 Å². The zero-order valence-corrected chi connectivity index (χ0v) is 17.2. The van der Waals surface area contributed by atoms with Crippen LogP contribution in [0.25, 0.3) is 0 Å². The van der Waals surface area contributed by atoms with Crippen molar-refractivity contribution >= 4 is 11.9 Å². The molecule has 0 saturated carbocycles. The first-order valence-corrected chi connectivity index (χ1v) is 9.37. The van der Waals surface area contributed by atoms with Crippen molar-refractivity contribution in [1.29, 1.82) is 0 Å². The molecule has 0 aliphatic heterocycles. The Morgan fingerprint density at radius 3 is 1.71 bits per heavy atom. The van der Waals surface area contributed by atoms with Gasteiger partial charge >= 0.3 is 11.9 Å². The molecule has 1 unspecified atom stereocenters. The molecule has 0 aliphatic carbocycles. The van der Waals surface area contributed by atoms with E-state index in [4.69, 9.17) is 14.2 Å². The summed E-state index contributed by atoms with van der Waals surface area (Å²) in [5.41, 5.74) is 5.13. The summed E-state index contributed by atoms with van der Waals surface area (Å²) in [6, 6.07) is 11.2. The third-order valence-corrected chi connectivity index (χ3v) is 4.04. The van der Waals surface area contributed by atoms with Crippen molar-refractivity contribution in [3.63, 3.8) is 0 Å². The number of hydrogen-bond donors (Lipinski definition) is 0. The van der Waals surface area contributed by atoms with Crippen LogP contribution in [0.3, 0.4) is 0 Å². The van der Waals surface area contributed by atoms with Gasteiger partial charge in [0.25, 0.3) is 0 Å². The van der Waals surface area contributed by atoms with Crippen molar-refractivity contribution in [2.45, 2.75) is 40.7 Å². The van der Waals surface area contributed by atoms with Crippen LogP contribution in [-0.4, -0.2) is 37.9 Å². The van der Waals surface area contributed by atoms with E-state index in [0.29, 0.717) is 11.1 Å². The van der Waals surface area contributed by atoms with Crippen LogP contribution in [0, 0.1) is 27.7 Å². The molecule has 0 aliphatic rings. The lowest BCUT2D eigenvalue weighted by atomic mass is 10.1. The van der Waals surface area contributed by atoms with Crippen LogP contribution in [0.5, 0.6) is 0 Å². The highest BCUT2D eigenvalue weighted by Crippen LogP contribution is 2.12. The maximum Gasteiger partial charge on any atom is 0.338 e. The summed E-state index contributed by atoms with van der Waals surface area (Å²) in [4.78, 5) is 24.3. The molecule has 0 saturated heterocycles. The average Bonchev–Trinajstić information content (AvgIpc) is 2.59. The lowest BCUT2D eigenvalue weighted by molar-refractivity contribution is -0.00882. The second-order valence-corrected chi connectivity index (χ2v) is 7.18. The Bertz CT molecular complexity index is 800. The van der Waals surface area contributed by atoms with Crippen LogP contribution in [0.2, 0.25) is 0 Å². The Hall–Kier alpha value is -2.66. The Labute approximate surface area is 166 Å². The van der Waals surface area contributed by atoms with E-state index in [2.05, 4.69) is 0 Å². The minimum atomic E-state index is -0.400. The third-order valence-electron chi connectivity index (χ3n) is 4.04. The standard InChI is InChI=1S/C23H28O5/c1-15-8-16(2)11-20(10-15)22(24)27-7-6-26-14-19(5)28-23(25)21-12-17(3)9-18(4)13-21/h8-13,19H,6-7,14H2,1-5H3. The molecule has 28 heavy (non-hydrogen) atoms. The Balaban J connectivity index is 1.70. The molecule has 0 amide bonds. The fraction of sp³-hybridized carbons (Fsp3) is 0.391. The van der Waals surface area contributed by atoms with Gasteiger partial charge in [0.2, 0.25) is 0 Å². The topological polar surface area (TPSA) is 61.8 Å². The zero-order valence-electron chi connectivity index (χ0n) is 17.2. The minimum absolute atomic E-state index is 0.142. The van der Waals surface area contributed by atoms with Gasteiger partial charge in [-0.1, -0.05) is 34.4 Å². The summed E-state index contributed by atoms with van der Waals surface area (Å²) in [6.45, 7) is 10.1. The molecule has 0 radical (unpaired) electrons. The molecule has 150 valence electrons. The molecule has 5 heteroatoms. The molecular formula is C23H28O5. The van der Waals surface area contributed by atoms with E-state index in [1.807, 2.05) is 39.8 Å². The zero-order chi connectivity index (χ0) is 20.7. The van der Waals surface area contributed by atoms with Crippen LogP contribution in [-0.2, 0) is 14.2 Å². The van der Waals surface area contributed by atoms with Crippen molar-refractivity contribution < 1.29 is 23.8 Å². The number of esters is 2. The number of hydrogen-bond acceptors (Lipinski definition) is 5. The third kappa shape index (κ3) is 6.82. The molecule has 0 spiro atoms. The molecular weight excluding hydrogens is 356 g/mol. The van der Waals surface area contributed by atoms with Crippen LogP contribution in [0.15, 0.2) is 36.4 Å². The fourth-order valence-electron chi connectivity index (χ4n) is 3.00. The molecule has 2 aromatic rings. The number of aryl methyl sites for hydroxylation is 4. The van der Waals surface area contributed by atoms with Crippen molar-refractivity contribution in [1.82, 2.24) is 0 Å². The van der Waals surface area contributed by atoms with Gasteiger partial charge in [0.15, 0.2) is 0 Å². The van der Waals surface area contributed by atoms with Crippen molar-refractivity contribution in [2.75, 3.05) is 19.8 Å². The number of carbonyl (C=O) groups is 2. The van der Waals surface area contributed by atoms with Crippen LogP contribution in [0.4, 0.5) is 0 Å². The second-order valence-electron chi connectivity index (χ2n) is 7.18. The highest BCUT2D eigenvalue weighted by Gasteiger charge is 2.13. The normalized spacial score (nSPS) is 11.8. The summed E-state index contributed by atoms with van der Waals surface area (Å²) < 4.78 is 16.1. The number of benzene rings is 2. The van der Waals surface area contributed by atoms with Crippen molar-refractivity contribution in [2.24, 2.45) is 0 Å². The summed E-state index contributed by atoms with van der Waals surface area (Å²) >= 11 is 0. The number of ether oxygens (including phenoxy) is 3. The second kappa shape index (κ2) is 10.0. The molecule has 1 atom stereocenters. The van der Waals surface area contributed by atoms with Gasteiger partial charge in [-0.15, -0.1) is 0 Å². The Morgan fingerprint density at radius 1 is 0.750 bits per heavy atom. The smallest absolute Gasteiger partial charge is 0.338 e. The molecule has 5 nitrogen and oxygen atoms in total. The molecule has 0 fully saturated rings. The predicted molar refractivity (Wildman–Crippen MR) is 108 cm³/mol. The predicted octanol–water partition coefficient (Wildman–Crippen LogP) is 4.34. The molecule has 0 aromatic heterocycles. The summed E-state index contributed by atoms with van der Waals surface area (Å²) in [5, 5.41) is 0. The molecule has 0 N–H and O–H groups in total. The van der Waals surface area contributed by atoms with Crippen molar-refractivity contribution in [3.05, 3.63) is 69.8 Å². The fourth-order valence-corrected chi connectivity index (χ4v) is 3.00. The highest BCUT2D eigenvalue weighted by molar-refractivity contribution is 5.90. The summed E-state index contributed by atoms with van der Waals surface area (Å²) in [6.07, 6.45) is -0.400. The van der Waals surface area contributed by atoms with Gasteiger partial charge < -0.3 is 14.2 Å². The first kappa shape index (κ1) is 21.6. The summed E-state index contributed by atoms with van der Waals surface area (Å²) in [5.74, 6) is -0.742. The molecule has 2 aromatic carbocycles. The molecule has 2 rings (SSSR count). The van der Waals surface area contributed by atoms with Crippen LogP contribution in [0.1, 0.15) is 49.9 Å². The van der Waals surface area contributed by atoms with E-state index in [9.17, 15) is 9.59 Å². The minimum Gasteiger partial charge on any atom is -0.460 e. The van der Waals surface area contributed by atoms with Crippen LogP contribution >= 0.6 is 0 Å². The number of carbonyl (C=O) groups excluding carboxylic acids is 2. The average molecular weight is 384 g/mol. The number of rotatable bonds is 8. The highest BCUT2D eigenvalue weighted by atomic mass is 16.6. The van der Waals surface area contributed by atoms with E-state index in [-0.39, 0.29) is 31.8 Å². The summed E-state index contributed by atoms with van der Waals surface area (Å²) in [7, 11) is 0. The van der Waals surface area contributed by atoms with Crippen molar-refractivity contribution in [3.8, 4) is 0 Å². The Morgan fingerprint density at radius 2 is 1.21 bits per heavy atom. The monoisotopic (exact) mass is 384 g/mol. The lowest BCUT2D eigenvalue weighted by Gasteiger charge is -2.14.